The smallest absolute Gasteiger partial charge is 0.317 e. The summed E-state index contributed by atoms with van der Waals surface area (Å²) in [6.45, 7) is 7.76. The van der Waals surface area contributed by atoms with Crippen LogP contribution in [0.2, 0.25) is 0 Å². The zero-order chi connectivity index (χ0) is 16.8. The van der Waals surface area contributed by atoms with Crippen molar-refractivity contribution >= 4 is 6.03 Å². The van der Waals surface area contributed by atoms with Gasteiger partial charge in [-0.15, -0.1) is 0 Å². The molecule has 0 aliphatic carbocycles. The monoisotopic (exact) mass is 331 g/mol. The number of rotatable bonds is 5. The Labute approximate surface area is 145 Å². The number of piperidine rings is 1. The largest absolute Gasteiger partial charge is 0.489 e. The Morgan fingerprint density at radius 3 is 2.67 bits per heavy atom. The van der Waals surface area contributed by atoms with E-state index in [2.05, 4.69) is 17.1 Å². The van der Waals surface area contributed by atoms with Crippen molar-refractivity contribution in [1.82, 2.24) is 15.1 Å². The molecule has 2 amide bonds. The van der Waals surface area contributed by atoms with E-state index >= 15 is 0 Å². The number of carbonyl (C=O) groups excluding carboxylic acids is 1. The van der Waals surface area contributed by atoms with Gasteiger partial charge in [-0.25, -0.2) is 4.79 Å². The van der Waals surface area contributed by atoms with Gasteiger partial charge in [0, 0.05) is 26.1 Å². The van der Waals surface area contributed by atoms with Crippen molar-refractivity contribution in [3.8, 4) is 5.75 Å². The number of hydrogen-bond donors (Lipinski definition) is 1. The van der Waals surface area contributed by atoms with Crippen molar-refractivity contribution in [1.29, 1.82) is 0 Å². The first-order chi connectivity index (χ1) is 11.7. The van der Waals surface area contributed by atoms with Crippen LogP contribution < -0.4 is 10.1 Å². The molecule has 0 radical (unpaired) electrons. The number of urea groups is 1. The predicted octanol–water partition coefficient (Wildman–Crippen LogP) is 2.58. The van der Waals surface area contributed by atoms with Crippen molar-refractivity contribution in [3.05, 3.63) is 30.3 Å². The second kappa shape index (κ2) is 8.38. The first kappa shape index (κ1) is 17.1. The van der Waals surface area contributed by atoms with Gasteiger partial charge in [-0.05, 0) is 44.0 Å². The Balaban J connectivity index is 1.34. The Morgan fingerprint density at radius 2 is 1.92 bits per heavy atom. The maximum atomic E-state index is 12.3. The molecular formula is C19H29N3O2. The first-order valence-electron chi connectivity index (χ1n) is 9.17. The molecule has 2 aliphatic rings. The van der Waals surface area contributed by atoms with Gasteiger partial charge >= 0.3 is 6.03 Å². The molecule has 0 aromatic heterocycles. The molecule has 2 fully saturated rings. The Morgan fingerprint density at radius 1 is 1.17 bits per heavy atom. The van der Waals surface area contributed by atoms with Gasteiger partial charge in [0.25, 0.3) is 0 Å². The summed E-state index contributed by atoms with van der Waals surface area (Å²) >= 11 is 0. The van der Waals surface area contributed by atoms with E-state index in [4.69, 9.17) is 4.74 Å². The van der Waals surface area contributed by atoms with Crippen LogP contribution >= 0.6 is 0 Å². The number of likely N-dealkylation sites (tertiary alicyclic amines) is 2. The quantitative estimate of drug-likeness (QED) is 0.902. The normalized spacial score (nSPS) is 22.5. The minimum Gasteiger partial charge on any atom is -0.489 e. The fourth-order valence-corrected chi connectivity index (χ4v) is 3.42. The molecule has 2 saturated heterocycles. The number of hydrogen-bond acceptors (Lipinski definition) is 3. The average molecular weight is 331 g/mol. The highest BCUT2D eigenvalue weighted by atomic mass is 16.5. The van der Waals surface area contributed by atoms with E-state index in [9.17, 15) is 4.79 Å². The minimum absolute atomic E-state index is 0.0412. The van der Waals surface area contributed by atoms with Crippen molar-refractivity contribution in [2.45, 2.75) is 32.3 Å². The molecule has 0 bridgehead atoms. The molecule has 5 heteroatoms. The Kier molecular flexibility index (Phi) is 5.96. The van der Waals surface area contributed by atoms with E-state index < -0.39 is 0 Å². The lowest BCUT2D eigenvalue weighted by Crippen LogP contribution is -2.44. The van der Waals surface area contributed by atoms with Gasteiger partial charge in [0.15, 0.2) is 0 Å². The van der Waals surface area contributed by atoms with E-state index in [0.29, 0.717) is 6.54 Å². The predicted molar refractivity (Wildman–Crippen MR) is 95.3 cm³/mol. The highest BCUT2D eigenvalue weighted by Crippen LogP contribution is 2.18. The van der Waals surface area contributed by atoms with E-state index in [0.717, 1.165) is 50.8 Å². The minimum atomic E-state index is 0.0412. The lowest BCUT2D eigenvalue weighted by Gasteiger charge is -2.30. The lowest BCUT2D eigenvalue weighted by molar-refractivity contribution is 0.178. The number of ether oxygens (including phenoxy) is 1. The molecule has 0 saturated carbocycles. The lowest BCUT2D eigenvalue weighted by atomic mass is 9.99. The number of benzene rings is 1. The summed E-state index contributed by atoms with van der Waals surface area (Å²) in [5.74, 6) is 1.73. The van der Waals surface area contributed by atoms with Crippen LogP contribution in [0.15, 0.2) is 30.3 Å². The molecule has 2 aliphatic heterocycles. The summed E-state index contributed by atoms with van der Waals surface area (Å²) in [5.41, 5.74) is 0. The Hall–Kier alpha value is -1.75. The summed E-state index contributed by atoms with van der Waals surface area (Å²) in [4.78, 5) is 16.6. The number of nitrogens with one attached hydrogen (secondary N) is 1. The fraction of sp³-hybridized carbons (Fsp3) is 0.632. The number of nitrogens with zero attached hydrogens (tertiary/aromatic N) is 2. The highest BCUT2D eigenvalue weighted by Gasteiger charge is 2.27. The van der Waals surface area contributed by atoms with Crippen LogP contribution in [0.3, 0.4) is 0 Å². The molecule has 2 heterocycles. The molecule has 1 atom stereocenters. The standard InChI is InChI=1S/C19H29N3O2/c1-16-7-11-21(12-8-16)14-10-20-19(23)22-13-9-18(15-22)24-17-5-3-2-4-6-17/h2-6,16,18H,7-15H2,1H3,(H,20,23)/t18-/m1/s1. The SMILES string of the molecule is CC1CCN(CCNC(=O)N2CC[C@@H](Oc3ccccc3)C2)CC1. The van der Waals surface area contributed by atoms with E-state index in [1.165, 1.54) is 12.8 Å². The third kappa shape index (κ3) is 4.87. The molecular weight excluding hydrogens is 302 g/mol. The number of carbonyl (C=O) groups is 1. The highest BCUT2D eigenvalue weighted by molar-refractivity contribution is 5.74. The van der Waals surface area contributed by atoms with Gasteiger partial charge in [-0.1, -0.05) is 25.1 Å². The summed E-state index contributed by atoms with van der Waals surface area (Å²) in [6.07, 6.45) is 3.55. The van der Waals surface area contributed by atoms with Gasteiger partial charge in [0.05, 0.1) is 6.54 Å². The average Bonchev–Trinajstić information content (AvgIpc) is 3.06. The van der Waals surface area contributed by atoms with Gasteiger partial charge in [0.2, 0.25) is 0 Å². The molecule has 132 valence electrons. The summed E-state index contributed by atoms with van der Waals surface area (Å²) in [6, 6.07) is 9.88. The second-order valence-corrected chi connectivity index (χ2v) is 7.04. The van der Waals surface area contributed by atoms with Crippen LogP contribution in [0.4, 0.5) is 4.79 Å². The topological polar surface area (TPSA) is 44.8 Å². The van der Waals surface area contributed by atoms with Crippen LogP contribution in [0.1, 0.15) is 26.2 Å². The number of para-hydroxylation sites is 1. The maximum absolute atomic E-state index is 12.3. The van der Waals surface area contributed by atoms with Crippen molar-refractivity contribution < 1.29 is 9.53 Å². The van der Waals surface area contributed by atoms with E-state index in [1.807, 2.05) is 35.2 Å². The van der Waals surface area contributed by atoms with Gasteiger partial charge < -0.3 is 19.9 Å². The summed E-state index contributed by atoms with van der Waals surface area (Å²) < 4.78 is 5.94. The maximum Gasteiger partial charge on any atom is 0.317 e. The zero-order valence-electron chi connectivity index (χ0n) is 14.6. The van der Waals surface area contributed by atoms with Gasteiger partial charge in [0.1, 0.15) is 11.9 Å². The third-order valence-corrected chi connectivity index (χ3v) is 5.06. The second-order valence-electron chi connectivity index (χ2n) is 7.04. The first-order valence-corrected chi connectivity index (χ1v) is 9.17. The summed E-state index contributed by atoms with van der Waals surface area (Å²) in [7, 11) is 0. The molecule has 0 unspecified atom stereocenters. The molecule has 1 N–H and O–H groups in total. The van der Waals surface area contributed by atoms with Crippen LogP contribution in [0, 0.1) is 5.92 Å². The van der Waals surface area contributed by atoms with Gasteiger partial charge in [-0.3, -0.25) is 0 Å². The van der Waals surface area contributed by atoms with Crippen molar-refractivity contribution in [2.24, 2.45) is 5.92 Å². The fourth-order valence-electron chi connectivity index (χ4n) is 3.42. The molecule has 1 aromatic rings. The third-order valence-electron chi connectivity index (χ3n) is 5.06. The summed E-state index contributed by atoms with van der Waals surface area (Å²) in [5, 5.41) is 3.06. The molecule has 1 aromatic carbocycles. The van der Waals surface area contributed by atoms with Crippen LogP contribution in [0.5, 0.6) is 5.75 Å². The van der Waals surface area contributed by atoms with Crippen LogP contribution in [-0.2, 0) is 0 Å². The Bertz CT molecular complexity index is 515. The van der Waals surface area contributed by atoms with Crippen molar-refractivity contribution in [3.63, 3.8) is 0 Å². The number of amides is 2. The van der Waals surface area contributed by atoms with Crippen LogP contribution in [-0.4, -0.2) is 61.2 Å². The zero-order valence-corrected chi connectivity index (χ0v) is 14.6. The van der Waals surface area contributed by atoms with Crippen molar-refractivity contribution in [2.75, 3.05) is 39.3 Å². The molecule has 24 heavy (non-hydrogen) atoms. The van der Waals surface area contributed by atoms with E-state index in [-0.39, 0.29) is 12.1 Å². The van der Waals surface area contributed by atoms with Gasteiger partial charge in [-0.2, -0.15) is 0 Å². The molecule has 5 nitrogen and oxygen atoms in total. The van der Waals surface area contributed by atoms with Crippen LogP contribution in [0.25, 0.3) is 0 Å². The molecule has 0 spiro atoms. The van der Waals surface area contributed by atoms with E-state index in [1.54, 1.807) is 0 Å². The molecule has 3 rings (SSSR count).